The summed E-state index contributed by atoms with van der Waals surface area (Å²) in [4.78, 5) is 10.8. The van der Waals surface area contributed by atoms with E-state index < -0.39 is 13.4 Å². The molecule has 1 rings (SSSR count). The molecule has 0 atom stereocenters. The van der Waals surface area contributed by atoms with Crippen molar-refractivity contribution < 1.29 is 22.8 Å². The van der Waals surface area contributed by atoms with Crippen LogP contribution in [0.3, 0.4) is 0 Å². The maximum Gasteiger partial charge on any atom is 0.362 e. The number of hydrogen-bond donors (Lipinski definition) is 0. The SMILES string of the molecule is CCOP(=O)(OCC)c1cc(F)ccc1C=O. The molecule has 0 aromatic heterocycles. The molecule has 17 heavy (non-hydrogen) atoms. The number of carbonyl (C=O) groups is 1. The molecule has 0 aliphatic heterocycles. The molecule has 0 aliphatic rings. The van der Waals surface area contributed by atoms with Crippen LogP contribution < -0.4 is 5.30 Å². The molecule has 0 aliphatic carbocycles. The van der Waals surface area contributed by atoms with Crippen molar-refractivity contribution in [1.82, 2.24) is 0 Å². The lowest BCUT2D eigenvalue weighted by molar-refractivity contribution is 0.112. The highest BCUT2D eigenvalue weighted by atomic mass is 31.2. The van der Waals surface area contributed by atoms with Crippen LogP contribution >= 0.6 is 7.60 Å². The summed E-state index contributed by atoms with van der Waals surface area (Å²) in [6.45, 7) is 3.58. The Labute approximate surface area is 99.3 Å². The van der Waals surface area contributed by atoms with Gasteiger partial charge in [0.25, 0.3) is 0 Å². The number of aldehydes is 1. The topological polar surface area (TPSA) is 52.6 Å². The Bertz CT molecular complexity index is 437. The van der Waals surface area contributed by atoms with Crippen LogP contribution in [0.5, 0.6) is 0 Å². The molecule has 0 spiro atoms. The molecule has 94 valence electrons. The van der Waals surface area contributed by atoms with Gasteiger partial charge >= 0.3 is 7.60 Å². The smallest absolute Gasteiger partial charge is 0.305 e. The van der Waals surface area contributed by atoms with Crippen molar-refractivity contribution in [1.29, 1.82) is 0 Å². The van der Waals surface area contributed by atoms with E-state index in [1.54, 1.807) is 13.8 Å². The van der Waals surface area contributed by atoms with Gasteiger partial charge in [-0.1, -0.05) is 0 Å². The van der Waals surface area contributed by atoms with Gasteiger partial charge in [0, 0.05) is 5.56 Å². The van der Waals surface area contributed by atoms with Crippen molar-refractivity contribution >= 4 is 19.2 Å². The number of hydrogen-bond acceptors (Lipinski definition) is 4. The van der Waals surface area contributed by atoms with Crippen molar-refractivity contribution in [2.75, 3.05) is 13.2 Å². The molecule has 0 N–H and O–H groups in total. The van der Waals surface area contributed by atoms with E-state index in [0.717, 1.165) is 12.1 Å². The zero-order valence-electron chi connectivity index (χ0n) is 9.68. The molecule has 0 amide bonds. The average molecular weight is 260 g/mol. The minimum absolute atomic E-state index is 0.0313. The van der Waals surface area contributed by atoms with Crippen molar-refractivity contribution in [3.8, 4) is 0 Å². The molecule has 0 radical (unpaired) electrons. The Morgan fingerprint density at radius 3 is 2.35 bits per heavy atom. The average Bonchev–Trinajstić information content (AvgIpc) is 2.29. The van der Waals surface area contributed by atoms with Crippen LogP contribution in [0, 0.1) is 5.82 Å². The standard InChI is InChI=1S/C11H14FO4P/c1-3-15-17(14,16-4-2)11-7-10(12)6-5-9(11)8-13/h5-8H,3-4H2,1-2H3. The molecule has 0 bridgehead atoms. The van der Waals surface area contributed by atoms with Gasteiger partial charge in [0.05, 0.1) is 18.5 Å². The van der Waals surface area contributed by atoms with Crippen molar-refractivity contribution in [2.45, 2.75) is 13.8 Å². The fourth-order valence-corrected chi connectivity index (χ4v) is 3.13. The number of rotatable bonds is 6. The van der Waals surface area contributed by atoms with E-state index in [4.69, 9.17) is 9.05 Å². The minimum Gasteiger partial charge on any atom is -0.305 e. The van der Waals surface area contributed by atoms with Crippen molar-refractivity contribution in [2.24, 2.45) is 0 Å². The molecule has 4 nitrogen and oxygen atoms in total. The Balaban J connectivity index is 3.30. The molecule has 0 fully saturated rings. The summed E-state index contributed by atoms with van der Waals surface area (Å²) in [5.41, 5.74) is 0.108. The first-order valence-corrected chi connectivity index (χ1v) is 6.76. The molecule has 0 unspecified atom stereocenters. The highest BCUT2D eigenvalue weighted by molar-refractivity contribution is 7.62. The molecule has 1 aromatic rings. The first-order chi connectivity index (χ1) is 8.07. The number of benzene rings is 1. The lowest BCUT2D eigenvalue weighted by Crippen LogP contribution is -2.16. The third-order valence-corrected chi connectivity index (χ3v) is 4.19. The van der Waals surface area contributed by atoms with Crippen LogP contribution in [0.4, 0.5) is 4.39 Å². The predicted molar refractivity (Wildman–Crippen MR) is 62.3 cm³/mol. The van der Waals surface area contributed by atoms with Gasteiger partial charge < -0.3 is 9.05 Å². The fourth-order valence-electron chi connectivity index (χ4n) is 1.37. The second-order valence-electron chi connectivity index (χ2n) is 3.15. The second-order valence-corrected chi connectivity index (χ2v) is 5.15. The van der Waals surface area contributed by atoms with Gasteiger partial charge in [-0.15, -0.1) is 0 Å². The van der Waals surface area contributed by atoms with Gasteiger partial charge in [-0.3, -0.25) is 9.36 Å². The fraction of sp³-hybridized carbons (Fsp3) is 0.364. The van der Waals surface area contributed by atoms with Crippen molar-refractivity contribution in [3.63, 3.8) is 0 Å². The summed E-state index contributed by atoms with van der Waals surface area (Å²) < 4.78 is 35.6. The Morgan fingerprint density at radius 1 is 1.29 bits per heavy atom. The normalized spacial score (nSPS) is 11.5. The Morgan fingerprint density at radius 2 is 1.88 bits per heavy atom. The van der Waals surface area contributed by atoms with Crippen LogP contribution in [0.2, 0.25) is 0 Å². The highest BCUT2D eigenvalue weighted by Gasteiger charge is 2.30. The van der Waals surface area contributed by atoms with Gasteiger partial charge in [0.2, 0.25) is 0 Å². The maximum absolute atomic E-state index is 13.1. The van der Waals surface area contributed by atoms with Crippen LogP contribution in [-0.2, 0) is 13.6 Å². The Kier molecular flexibility index (Phi) is 5.00. The van der Waals surface area contributed by atoms with Gasteiger partial charge in [-0.25, -0.2) is 4.39 Å². The molecule has 0 saturated heterocycles. The number of carbonyl (C=O) groups excluding carboxylic acids is 1. The van der Waals surface area contributed by atoms with Gasteiger partial charge in [0.15, 0.2) is 6.29 Å². The monoisotopic (exact) mass is 260 g/mol. The third kappa shape index (κ3) is 3.22. The van der Waals surface area contributed by atoms with E-state index >= 15 is 0 Å². The van der Waals surface area contributed by atoms with Crippen LogP contribution in [0.15, 0.2) is 18.2 Å². The van der Waals surface area contributed by atoms with E-state index in [0.29, 0.717) is 6.29 Å². The lowest BCUT2D eigenvalue weighted by atomic mass is 10.2. The molecule has 6 heteroatoms. The van der Waals surface area contributed by atoms with E-state index in [1.165, 1.54) is 6.07 Å². The summed E-state index contributed by atoms with van der Waals surface area (Å²) >= 11 is 0. The lowest BCUT2D eigenvalue weighted by Gasteiger charge is -2.18. The molecule has 1 aromatic carbocycles. The third-order valence-electron chi connectivity index (χ3n) is 2.01. The van der Waals surface area contributed by atoms with Gasteiger partial charge in [-0.05, 0) is 32.0 Å². The van der Waals surface area contributed by atoms with Crippen molar-refractivity contribution in [3.05, 3.63) is 29.6 Å². The molecule has 0 saturated carbocycles. The zero-order chi connectivity index (χ0) is 12.9. The second kappa shape index (κ2) is 6.05. The van der Waals surface area contributed by atoms with Gasteiger partial charge in [-0.2, -0.15) is 0 Å². The maximum atomic E-state index is 13.1. The first kappa shape index (κ1) is 14.0. The Hall–Kier alpha value is -1.03. The van der Waals surface area contributed by atoms with E-state index in [-0.39, 0.29) is 24.1 Å². The quantitative estimate of drug-likeness (QED) is 0.582. The van der Waals surface area contributed by atoms with Crippen LogP contribution in [-0.4, -0.2) is 19.5 Å². The van der Waals surface area contributed by atoms with Crippen LogP contribution in [0.25, 0.3) is 0 Å². The predicted octanol–water partition coefficient (Wildman–Crippen LogP) is 2.53. The zero-order valence-corrected chi connectivity index (χ0v) is 10.6. The molecular formula is C11H14FO4P. The van der Waals surface area contributed by atoms with E-state index in [1.807, 2.05) is 0 Å². The summed E-state index contributed by atoms with van der Waals surface area (Å²) in [5, 5.41) is -0.0313. The summed E-state index contributed by atoms with van der Waals surface area (Å²) in [6, 6.07) is 3.38. The van der Waals surface area contributed by atoms with Crippen LogP contribution in [0.1, 0.15) is 24.2 Å². The molecule has 0 heterocycles. The van der Waals surface area contributed by atoms with E-state index in [9.17, 15) is 13.8 Å². The summed E-state index contributed by atoms with van der Waals surface area (Å²) in [7, 11) is -3.62. The van der Waals surface area contributed by atoms with Gasteiger partial charge in [0.1, 0.15) is 5.82 Å². The van der Waals surface area contributed by atoms with E-state index in [2.05, 4.69) is 0 Å². The number of halogens is 1. The highest BCUT2D eigenvalue weighted by Crippen LogP contribution is 2.47. The first-order valence-electron chi connectivity index (χ1n) is 5.21. The molecular weight excluding hydrogens is 246 g/mol. The largest absolute Gasteiger partial charge is 0.362 e. The summed E-state index contributed by atoms with van der Waals surface area (Å²) in [5.74, 6) is -0.592. The minimum atomic E-state index is -3.62. The summed E-state index contributed by atoms with van der Waals surface area (Å²) in [6.07, 6.45) is 0.499.